The summed E-state index contributed by atoms with van der Waals surface area (Å²) in [7, 11) is -4.30. The van der Waals surface area contributed by atoms with E-state index >= 15 is 0 Å². The number of sulfonamides is 1. The fraction of sp³-hybridized carbons (Fsp3) is 0.394. The number of aryl methyl sites for hydroxylation is 1. The Kier molecular flexibility index (Phi) is 10.8. The summed E-state index contributed by atoms with van der Waals surface area (Å²) in [5.74, 6) is -0.808. The average Bonchev–Trinajstić information content (AvgIpc) is 3.49. The minimum Gasteiger partial charge on any atom is -0.494 e. The molecule has 0 aliphatic heterocycles. The molecular formula is C33H40FN3O5S. The second-order valence-corrected chi connectivity index (χ2v) is 12.7. The van der Waals surface area contributed by atoms with Gasteiger partial charge >= 0.3 is 0 Å². The van der Waals surface area contributed by atoms with Gasteiger partial charge in [0.2, 0.25) is 11.8 Å². The number of halogens is 1. The van der Waals surface area contributed by atoms with Crippen molar-refractivity contribution in [2.24, 2.45) is 0 Å². The highest BCUT2D eigenvalue weighted by Gasteiger charge is 2.34. The number of nitrogens with one attached hydrogen (secondary N) is 1. The highest BCUT2D eigenvalue weighted by atomic mass is 32.2. The number of hydrogen-bond acceptors (Lipinski definition) is 5. The first kappa shape index (κ1) is 32.0. The minimum absolute atomic E-state index is 0.0664. The lowest BCUT2D eigenvalue weighted by Crippen LogP contribution is -2.53. The van der Waals surface area contributed by atoms with Crippen LogP contribution in [0.15, 0.2) is 77.7 Å². The van der Waals surface area contributed by atoms with E-state index in [1.54, 1.807) is 24.3 Å². The van der Waals surface area contributed by atoms with Crippen molar-refractivity contribution in [1.82, 2.24) is 10.2 Å². The van der Waals surface area contributed by atoms with Gasteiger partial charge in [0, 0.05) is 12.6 Å². The quantitative estimate of drug-likeness (QED) is 0.273. The molecule has 3 aromatic carbocycles. The van der Waals surface area contributed by atoms with E-state index in [1.165, 1.54) is 17.0 Å². The summed E-state index contributed by atoms with van der Waals surface area (Å²) >= 11 is 0. The Morgan fingerprint density at radius 1 is 1.00 bits per heavy atom. The Morgan fingerprint density at radius 2 is 1.67 bits per heavy atom. The minimum atomic E-state index is -4.30. The van der Waals surface area contributed by atoms with Gasteiger partial charge in [0.25, 0.3) is 10.0 Å². The van der Waals surface area contributed by atoms with E-state index in [0.717, 1.165) is 53.2 Å². The van der Waals surface area contributed by atoms with Crippen molar-refractivity contribution < 1.29 is 27.1 Å². The second kappa shape index (κ2) is 14.5. The molecule has 1 N–H and O–H groups in total. The van der Waals surface area contributed by atoms with E-state index in [1.807, 2.05) is 45.0 Å². The van der Waals surface area contributed by atoms with E-state index in [4.69, 9.17) is 4.74 Å². The number of carbonyl (C=O) groups is 2. The number of amides is 2. The van der Waals surface area contributed by atoms with E-state index in [0.29, 0.717) is 18.8 Å². The van der Waals surface area contributed by atoms with E-state index in [9.17, 15) is 22.4 Å². The Morgan fingerprint density at radius 3 is 2.28 bits per heavy atom. The van der Waals surface area contributed by atoms with Gasteiger partial charge in [0.05, 0.1) is 17.2 Å². The van der Waals surface area contributed by atoms with Crippen molar-refractivity contribution in [3.8, 4) is 5.75 Å². The summed E-state index contributed by atoms with van der Waals surface area (Å²) in [6.07, 6.45) is 4.24. The largest absolute Gasteiger partial charge is 0.494 e. The second-order valence-electron chi connectivity index (χ2n) is 10.8. The molecule has 1 aliphatic rings. The topological polar surface area (TPSA) is 96.0 Å². The van der Waals surface area contributed by atoms with Crippen LogP contribution in [0.5, 0.6) is 5.75 Å². The predicted octanol–water partition coefficient (Wildman–Crippen LogP) is 5.59. The normalized spacial score (nSPS) is 14.2. The number of ether oxygens (including phenoxy) is 1. The van der Waals surface area contributed by atoms with Gasteiger partial charge in [-0.2, -0.15) is 0 Å². The highest BCUT2D eigenvalue weighted by molar-refractivity contribution is 7.92. The Hall–Kier alpha value is -3.92. The molecule has 0 unspecified atom stereocenters. The molecule has 2 amide bonds. The third-order valence-electron chi connectivity index (χ3n) is 7.64. The molecule has 0 saturated heterocycles. The zero-order chi connectivity index (χ0) is 31.0. The van der Waals surface area contributed by atoms with Crippen molar-refractivity contribution in [3.63, 3.8) is 0 Å². The van der Waals surface area contributed by atoms with Crippen LogP contribution in [0.4, 0.5) is 10.1 Å². The van der Waals surface area contributed by atoms with Gasteiger partial charge in [0.15, 0.2) is 0 Å². The molecule has 4 rings (SSSR count). The van der Waals surface area contributed by atoms with Crippen LogP contribution in [0.1, 0.15) is 57.1 Å². The fourth-order valence-corrected chi connectivity index (χ4v) is 6.85. The molecule has 0 spiro atoms. The van der Waals surface area contributed by atoms with Crippen LogP contribution >= 0.6 is 0 Å². The van der Waals surface area contributed by atoms with E-state index < -0.39 is 34.3 Å². The van der Waals surface area contributed by atoms with Gasteiger partial charge < -0.3 is 15.0 Å². The number of rotatable bonds is 13. The Labute approximate surface area is 253 Å². The van der Waals surface area contributed by atoms with Crippen LogP contribution in [-0.2, 0) is 26.2 Å². The lowest BCUT2D eigenvalue weighted by Gasteiger charge is -2.34. The monoisotopic (exact) mass is 609 g/mol. The number of carbonyl (C=O) groups excluding carboxylic acids is 2. The molecule has 0 aromatic heterocycles. The average molecular weight is 610 g/mol. The number of nitrogens with zero attached hydrogens (tertiary/aromatic N) is 2. The first-order valence-electron chi connectivity index (χ1n) is 14.8. The molecule has 0 heterocycles. The maximum atomic E-state index is 14.2. The summed E-state index contributed by atoms with van der Waals surface area (Å²) < 4.78 is 48.1. The molecular weight excluding hydrogens is 569 g/mol. The van der Waals surface area contributed by atoms with Crippen LogP contribution in [0.25, 0.3) is 0 Å². The molecule has 10 heteroatoms. The van der Waals surface area contributed by atoms with Gasteiger partial charge in [-0.3, -0.25) is 13.9 Å². The van der Waals surface area contributed by atoms with Crippen LogP contribution in [-0.4, -0.2) is 50.4 Å². The summed E-state index contributed by atoms with van der Waals surface area (Å²) in [4.78, 5) is 29.1. The fourth-order valence-electron chi connectivity index (χ4n) is 5.43. The summed E-state index contributed by atoms with van der Waals surface area (Å²) in [5.41, 5.74) is 2.07. The van der Waals surface area contributed by atoms with E-state index in [-0.39, 0.29) is 29.1 Å². The van der Waals surface area contributed by atoms with Crippen molar-refractivity contribution in [2.75, 3.05) is 17.5 Å². The number of hydrogen-bond donors (Lipinski definition) is 1. The summed E-state index contributed by atoms with van der Waals surface area (Å²) in [6.45, 7) is 5.63. The van der Waals surface area contributed by atoms with Crippen molar-refractivity contribution >= 4 is 27.5 Å². The molecule has 230 valence electrons. The van der Waals surface area contributed by atoms with Crippen LogP contribution in [0.3, 0.4) is 0 Å². The SMILES string of the molecule is CCOc1ccc(N(CC(=O)N(Cc2cccc(C)c2)[C@H](CC)C(=O)NC2CCCC2)S(=O)(=O)c2ccc(F)cc2)cc1. The van der Waals surface area contributed by atoms with Crippen LogP contribution < -0.4 is 14.4 Å². The zero-order valence-corrected chi connectivity index (χ0v) is 25.8. The maximum absolute atomic E-state index is 14.2. The van der Waals surface area contributed by atoms with Gasteiger partial charge in [-0.25, -0.2) is 12.8 Å². The maximum Gasteiger partial charge on any atom is 0.264 e. The van der Waals surface area contributed by atoms with Crippen molar-refractivity contribution in [2.45, 2.75) is 76.4 Å². The molecule has 1 saturated carbocycles. The molecule has 0 radical (unpaired) electrons. The standard InChI is InChI=1S/C33H40FN3O5S/c1-4-31(33(39)35-27-11-6-7-12-27)36(22-25-10-8-9-24(3)21-25)32(38)23-37(28-15-17-29(18-16-28)42-5-2)43(40,41)30-19-13-26(34)14-20-30/h8-10,13-21,27,31H,4-7,11-12,22-23H2,1-3H3,(H,35,39)/t31-/m1/s1. The van der Waals surface area contributed by atoms with Gasteiger partial charge in [0.1, 0.15) is 24.2 Å². The molecule has 43 heavy (non-hydrogen) atoms. The highest BCUT2D eigenvalue weighted by Crippen LogP contribution is 2.27. The third-order valence-corrected chi connectivity index (χ3v) is 9.43. The first-order chi connectivity index (χ1) is 20.6. The number of anilines is 1. The lowest BCUT2D eigenvalue weighted by atomic mass is 10.1. The van der Waals surface area contributed by atoms with Gasteiger partial charge in [-0.1, -0.05) is 49.6 Å². The van der Waals surface area contributed by atoms with Gasteiger partial charge in [-0.05, 0) is 87.2 Å². The Bertz CT molecular complexity index is 1490. The lowest BCUT2D eigenvalue weighted by molar-refractivity contribution is -0.140. The molecule has 3 aromatic rings. The van der Waals surface area contributed by atoms with Crippen molar-refractivity contribution in [3.05, 3.63) is 89.7 Å². The molecule has 1 fully saturated rings. The molecule has 1 aliphatic carbocycles. The third kappa shape index (κ3) is 8.13. The Balaban J connectivity index is 1.71. The van der Waals surface area contributed by atoms with Crippen LogP contribution in [0.2, 0.25) is 0 Å². The summed E-state index contributed by atoms with van der Waals surface area (Å²) in [5, 5.41) is 3.11. The molecule has 1 atom stereocenters. The summed E-state index contributed by atoms with van der Waals surface area (Å²) in [6, 6.07) is 17.8. The molecule has 8 nitrogen and oxygen atoms in total. The van der Waals surface area contributed by atoms with Crippen molar-refractivity contribution in [1.29, 1.82) is 0 Å². The van der Waals surface area contributed by atoms with Gasteiger partial charge in [-0.15, -0.1) is 0 Å². The smallest absolute Gasteiger partial charge is 0.264 e. The van der Waals surface area contributed by atoms with E-state index in [2.05, 4.69) is 5.32 Å². The number of benzene rings is 3. The predicted molar refractivity (Wildman–Crippen MR) is 165 cm³/mol. The first-order valence-corrected chi connectivity index (χ1v) is 16.2. The van der Waals surface area contributed by atoms with Crippen LogP contribution in [0, 0.1) is 12.7 Å². The molecule has 0 bridgehead atoms. The zero-order valence-electron chi connectivity index (χ0n) is 25.0.